The van der Waals surface area contributed by atoms with E-state index < -0.39 is 10.4 Å². The van der Waals surface area contributed by atoms with Crippen molar-refractivity contribution < 1.29 is 17.2 Å². The minimum atomic E-state index is -4.16. The summed E-state index contributed by atoms with van der Waals surface area (Å²) in [6.45, 7) is 0. The maximum atomic E-state index is 9.33. The van der Waals surface area contributed by atoms with E-state index in [2.05, 4.69) is 36.1 Å². The van der Waals surface area contributed by atoms with Gasteiger partial charge in [0, 0.05) is 4.47 Å². The van der Waals surface area contributed by atoms with Crippen molar-refractivity contribution in [1.29, 1.82) is 5.41 Å². The Balaban J connectivity index is 0.000000511. The molecule has 9 nitrogen and oxygen atoms in total. The predicted octanol–water partition coefficient (Wildman–Crippen LogP) is 0.206. The first-order valence-corrected chi connectivity index (χ1v) is 7.07. The van der Waals surface area contributed by atoms with Crippen LogP contribution in [0.5, 0.6) is 0 Å². The van der Waals surface area contributed by atoms with Gasteiger partial charge in [-0.05, 0) is 17.7 Å². The van der Waals surface area contributed by atoms with Gasteiger partial charge in [0.2, 0.25) is 5.96 Å². The van der Waals surface area contributed by atoms with Crippen molar-refractivity contribution in [3.63, 3.8) is 0 Å². The zero-order valence-electron chi connectivity index (χ0n) is 10.4. The topological polar surface area (TPSA) is 150 Å². The summed E-state index contributed by atoms with van der Waals surface area (Å²) in [6, 6.07) is 7.62. The molecule has 0 aliphatic carbocycles. The number of nitrogens with zero attached hydrogens (tertiary/aromatic N) is 1. The Morgan fingerprint density at radius 2 is 2.00 bits per heavy atom. The molecule has 0 unspecified atom stereocenters. The highest BCUT2D eigenvalue weighted by molar-refractivity contribution is 9.10. The standard InChI is InChI=1S/C8H10BrN5.CH4O4S/c9-7-3-1-6(2-4-7)5-12-14-8(10)13-11;1-5-6(2,3)4/h1-5H,11H2,(H3,10,13,14);1H3,(H,2,3,4). The van der Waals surface area contributed by atoms with Gasteiger partial charge in [-0.3, -0.25) is 19.6 Å². The van der Waals surface area contributed by atoms with Crippen LogP contribution in [0.15, 0.2) is 33.8 Å². The lowest BCUT2D eigenvalue weighted by atomic mass is 10.2. The van der Waals surface area contributed by atoms with Gasteiger partial charge >= 0.3 is 10.4 Å². The van der Waals surface area contributed by atoms with Crippen molar-refractivity contribution >= 4 is 38.5 Å². The van der Waals surface area contributed by atoms with E-state index in [1.54, 1.807) is 6.21 Å². The number of hydrazine groups is 1. The number of halogens is 1. The lowest BCUT2D eigenvalue weighted by Crippen LogP contribution is -2.38. The Bertz CT molecular complexity index is 546. The highest BCUT2D eigenvalue weighted by Gasteiger charge is 1.94. The van der Waals surface area contributed by atoms with Crippen molar-refractivity contribution in [2.24, 2.45) is 10.9 Å². The van der Waals surface area contributed by atoms with Crippen LogP contribution in [0.3, 0.4) is 0 Å². The van der Waals surface area contributed by atoms with E-state index in [0.29, 0.717) is 0 Å². The van der Waals surface area contributed by atoms with Gasteiger partial charge in [0.1, 0.15) is 0 Å². The fourth-order valence-corrected chi connectivity index (χ4v) is 1.02. The number of benzene rings is 1. The molecule has 0 amide bonds. The first-order valence-electron chi connectivity index (χ1n) is 4.91. The monoisotopic (exact) mass is 367 g/mol. The highest BCUT2D eigenvalue weighted by Crippen LogP contribution is 2.08. The molecule has 0 spiro atoms. The minimum Gasteiger partial charge on any atom is -0.293 e. The molecule has 0 fully saturated rings. The Morgan fingerprint density at radius 3 is 2.40 bits per heavy atom. The lowest BCUT2D eigenvalue weighted by molar-refractivity contribution is 0.324. The molecule has 0 aliphatic rings. The molecule has 0 heterocycles. The third kappa shape index (κ3) is 10.4. The van der Waals surface area contributed by atoms with Gasteiger partial charge < -0.3 is 0 Å². The Morgan fingerprint density at radius 1 is 1.50 bits per heavy atom. The summed E-state index contributed by atoms with van der Waals surface area (Å²) in [4.78, 5) is 0. The van der Waals surface area contributed by atoms with Gasteiger partial charge in [0.25, 0.3) is 0 Å². The normalized spacial score (nSPS) is 10.6. The summed E-state index contributed by atoms with van der Waals surface area (Å²) in [5.41, 5.74) is 5.45. The van der Waals surface area contributed by atoms with E-state index in [9.17, 15) is 8.42 Å². The second-order valence-corrected chi connectivity index (χ2v) is 5.14. The first kappa shape index (κ1) is 18.5. The molecule has 0 saturated carbocycles. The van der Waals surface area contributed by atoms with Crippen LogP contribution in [0.25, 0.3) is 0 Å². The molecule has 1 aromatic carbocycles. The van der Waals surface area contributed by atoms with Crippen LogP contribution in [0.1, 0.15) is 5.56 Å². The molecule has 6 N–H and O–H groups in total. The fourth-order valence-electron chi connectivity index (χ4n) is 0.752. The van der Waals surface area contributed by atoms with Crippen molar-refractivity contribution in [3.8, 4) is 0 Å². The molecule has 20 heavy (non-hydrogen) atoms. The van der Waals surface area contributed by atoms with Crippen LogP contribution in [-0.4, -0.2) is 32.3 Å². The van der Waals surface area contributed by atoms with Crippen LogP contribution < -0.4 is 16.7 Å². The Labute approximate surface area is 124 Å². The third-order valence-corrected chi connectivity index (χ3v) is 2.56. The highest BCUT2D eigenvalue weighted by atomic mass is 79.9. The number of rotatable bonds is 3. The fraction of sp³-hybridized carbons (Fsp3) is 0.111. The smallest absolute Gasteiger partial charge is 0.293 e. The second-order valence-electron chi connectivity index (χ2n) is 3.04. The van der Waals surface area contributed by atoms with Crippen molar-refractivity contribution in [2.45, 2.75) is 0 Å². The van der Waals surface area contributed by atoms with Gasteiger partial charge in [0.05, 0.1) is 13.3 Å². The molecule has 112 valence electrons. The van der Waals surface area contributed by atoms with Crippen LogP contribution in [-0.2, 0) is 14.6 Å². The summed E-state index contributed by atoms with van der Waals surface area (Å²) < 4.78 is 30.7. The summed E-state index contributed by atoms with van der Waals surface area (Å²) in [5.74, 6) is 4.90. The summed E-state index contributed by atoms with van der Waals surface area (Å²) >= 11 is 3.33. The molecular weight excluding hydrogens is 354 g/mol. The van der Waals surface area contributed by atoms with Crippen molar-refractivity contribution in [3.05, 3.63) is 34.3 Å². The summed E-state index contributed by atoms with van der Waals surface area (Å²) in [7, 11) is -3.29. The average molecular weight is 368 g/mol. The third-order valence-electron chi connectivity index (χ3n) is 1.61. The van der Waals surface area contributed by atoms with Crippen LogP contribution >= 0.6 is 15.9 Å². The summed E-state index contributed by atoms with van der Waals surface area (Å²) in [6.07, 6.45) is 1.60. The summed E-state index contributed by atoms with van der Waals surface area (Å²) in [5, 5.41) is 10.9. The van der Waals surface area contributed by atoms with Gasteiger partial charge in [0.15, 0.2) is 0 Å². The molecule has 0 aliphatic heterocycles. The van der Waals surface area contributed by atoms with E-state index >= 15 is 0 Å². The quantitative estimate of drug-likeness (QED) is 0.168. The van der Waals surface area contributed by atoms with E-state index in [-0.39, 0.29) is 5.96 Å². The van der Waals surface area contributed by atoms with Gasteiger partial charge in [-0.15, -0.1) is 0 Å². The molecular formula is C9H14BrN5O4S. The zero-order chi connectivity index (χ0) is 15.6. The van der Waals surface area contributed by atoms with Crippen LogP contribution in [0, 0.1) is 5.41 Å². The van der Waals surface area contributed by atoms with Crippen LogP contribution in [0.2, 0.25) is 0 Å². The van der Waals surface area contributed by atoms with Gasteiger partial charge in [-0.1, -0.05) is 28.1 Å². The largest absolute Gasteiger partial charge is 0.397 e. The molecule has 11 heteroatoms. The van der Waals surface area contributed by atoms with E-state index in [1.165, 1.54) is 0 Å². The number of hydrogen-bond acceptors (Lipinski definition) is 6. The van der Waals surface area contributed by atoms with Gasteiger partial charge in [-0.2, -0.15) is 13.5 Å². The minimum absolute atomic E-state index is 0.0571. The van der Waals surface area contributed by atoms with E-state index in [4.69, 9.17) is 15.8 Å². The maximum absolute atomic E-state index is 9.33. The molecule has 1 rings (SSSR count). The number of guanidine groups is 1. The Hall–Kier alpha value is -1.53. The first-order chi connectivity index (χ1) is 9.28. The molecule has 0 bridgehead atoms. The molecule has 0 saturated heterocycles. The number of nitrogens with two attached hydrogens (primary N) is 1. The molecule has 0 aromatic heterocycles. The van der Waals surface area contributed by atoms with E-state index in [1.807, 2.05) is 24.3 Å². The molecule has 1 aromatic rings. The van der Waals surface area contributed by atoms with Crippen LogP contribution in [0.4, 0.5) is 0 Å². The SMILES string of the molecule is COS(=O)(=O)O.N=C(NN)NN=Cc1ccc(Br)cc1. The number of nitrogens with one attached hydrogen (secondary N) is 3. The second kappa shape index (κ2) is 9.39. The number of hydrazone groups is 1. The van der Waals surface area contributed by atoms with E-state index in [0.717, 1.165) is 17.1 Å². The van der Waals surface area contributed by atoms with Gasteiger partial charge in [-0.25, -0.2) is 11.3 Å². The van der Waals surface area contributed by atoms with Crippen molar-refractivity contribution in [2.75, 3.05) is 7.11 Å². The van der Waals surface area contributed by atoms with Crippen molar-refractivity contribution in [1.82, 2.24) is 10.9 Å². The molecule has 0 radical (unpaired) electrons. The Kier molecular flexibility index (Phi) is 8.67. The number of hydrogen-bond donors (Lipinski definition) is 5. The lowest BCUT2D eigenvalue weighted by Gasteiger charge is -1.99. The zero-order valence-corrected chi connectivity index (χ0v) is 12.8. The average Bonchev–Trinajstić information content (AvgIpc) is 2.40. The predicted molar refractivity (Wildman–Crippen MR) is 78.5 cm³/mol. The maximum Gasteiger partial charge on any atom is 0.397 e. The molecule has 0 atom stereocenters.